The molecule has 0 amide bonds. The molecule has 0 aliphatic carbocycles. The molecule has 1 aromatic carbocycles. The van der Waals surface area contributed by atoms with Crippen molar-refractivity contribution in [2.75, 3.05) is 5.32 Å². The maximum Gasteiger partial charge on any atom is 0.200 e. The summed E-state index contributed by atoms with van der Waals surface area (Å²) in [5.41, 5.74) is -1.17. The molecule has 0 radical (unpaired) electrons. The first-order valence-electron chi connectivity index (χ1n) is 4.82. The Kier molecular flexibility index (Phi) is 3.57. The summed E-state index contributed by atoms with van der Waals surface area (Å²) in [6.45, 7) is 0. The van der Waals surface area contributed by atoms with E-state index in [0.29, 0.717) is 0 Å². The molecular weight excluding hydrogens is 291 g/mol. The van der Waals surface area contributed by atoms with Crippen LogP contribution in [0.2, 0.25) is 5.02 Å². The van der Waals surface area contributed by atoms with Crippen molar-refractivity contribution in [1.29, 1.82) is 0 Å². The van der Waals surface area contributed by atoms with Gasteiger partial charge in [-0.15, -0.1) is 0 Å². The molecule has 0 saturated heterocycles. The molecule has 1 heterocycles. The van der Waals surface area contributed by atoms with E-state index in [2.05, 4.69) is 4.98 Å². The van der Waals surface area contributed by atoms with Gasteiger partial charge in [-0.1, -0.05) is 11.6 Å². The van der Waals surface area contributed by atoms with Crippen LogP contribution in [0.1, 0.15) is 0 Å². The number of rotatable bonds is 2. The van der Waals surface area contributed by atoms with E-state index in [4.69, 9.17) is 11.6 Å². The van der Waals surface area contributed by atoms with E-state index in [1.54, 1.807) is 0 Å². The first-order chi connectivity index (χ1) is 8.91. The average Bonchev–Trinajstić information content (AvgIpc) is 2.41. The summed E-state index contributed by atoms with van der Waals surface area (Å²) < 4.78 is 65.3. The Hall–Kier alpha value is -1.89. The zero-order chi connectivity index (χ0) is 14.2. The summed E-state index contributed by atoms with van der Waals surface area (Å²) >= 11 is 5.54. The van der Waals surface area contributed by atoms with Gasteiger partial charge in [0.05, 0.1) is 5.02 Å². The molecule has 2 aromatic rings. The van der Waals surface area contributed by atoms with Crippen molar-refractivity contribution in [3.05, 3.63) is 52.4 Å². The molecule has 8 heteroatoms. The number of hydrogen-bond acceptors (Lipinski definition) is 2. The average molecular weight is 295 g/mol. The van der Waals surface area contributed by atoms with Crippen molar-refractivity contribution in [3.63, 3.8) is 0 Å². The largest absolute Gasteiger partial charge is 0.335 e. The predicted molar refractivity (Wildman–Crippen MR) is 58.8 cm³/mol. The van der Waals surface area contributed by atoms with Gasteiger partial charge in [0.1, 0.15) is 11.5 Å². The number of nitrogens with one attached hydrogen (secondary N) is 1. The minimum Gasteiger partial charge on any atom is -0.335 e. The zero-order valence-electron chi connectivity index (χ0n) is 8.95. The van der Waals surface area contributed by atoms with E-state index < -0.39 is 34.8 Å². The molecule has 0 aliphatic rings. The van der Waals surface area contributed by atoms with E-state index in [1.165, 1.54) is 12.1 Å². The number of hydrogen-bond donors (Lipinski definition) is 1. The lowest BCUT2D eigenvalue weighted by atomic mass is 10.2. The fraction of sp³-hybridized carbons (Fsp3) is 0. The van der Waals surface area contributed by atoms with Gasteiger partial charge >= 0.3 is 0 Å². The third-order valence-electron chi connectivity index (χ3n) is 2.19. The highest BCUT2D eigenvalue weighted by Gasteiger charge is 2.25. The number of pyridine rings is 1. The second kappa shape index (κ2) is 5.00. The van der Waals surface area contributed by atoms with E-state index in [9.17, 15) is 22.0 Å². The molecule has 19 heavy (non-hydrogen) atoms. The zero-order valence-corrected chi connectivity index (χ0v) is 9.70. The molecule has 0 atom stereocenters. The van der Waals surface area contributed by atoms with Gasteiger partial charge in [0, 0.05) is 6.20 Å². The van der Waals surface area contributed by atoms with Crippen molar-refractivity contribution >= 4 is 23.1 Å². The van der Waals surface area contributed by atoms with Crippen molar-refractivity contribution in [1.82, 2.24) is 4.98 Å². The van der Waals surface area contributed by atoms with Crippen molar-refractivity contribution in [2.45, 2.75) is 0 Å². The molecule has 100 valence electrons. The van der Waals surface area contributed by atoms with Crippen LogP contribution < -0.4 is 5.32 Å². The molecule has 0 bridgehead atoms. The summed E-state index contributed by atoms with van der Waals surface area (Å²) in [5, 5.41) is 2.26. The highest BCUT2D eigenvalue weighted by Crippen LogP contribution is 2.29. The van der Waals surface area contributed by atoms with Crippen LogP contribution in [0.5, 0.6) is 0 Å². The summed E-state index contributed by atoms with van der Waals surface area (Å²) in [6, 6.07) is 2.56. The van der Waals surface area contributed by atoms with E-state index in [1.807, 2.05) is 5.32 Å². The first-order valence-corrected chi connectivity index (χ1v) is 5.19. The third-order valence-corrected chi connectivity index (χ3v) is 2.41. The number of aromatic nitrogens is 1. The van der Waals surface area contributed by atoms with E-state index >= 15 is 0 Å². The molecule has 1 aromatic heterocycles. The highest BCUT2D eigenvalue weighted by atomic mass is 35.5. The Morgan fingerprint density at radius 2 is 1.37 bits per heavy atom. The molecular formula is C11H4ClF5N2. The first kappa shape index (κ1) is 13.5. The van der Waals surface area contributed by atoms with Crippen molar-refractivity contribution < 1.29 is 22.0 Å². The molecule has 1 N–H and O–H groups in total. The smallest absolute Gasteiger partial charge is 0.200 e. The van der Waals surface area contributed by atoms with Crippen LogP contribution in [0.3, 0.4) is 0 Å². The Balaban J connectivity index is 2.48. The lowest BCUT2D eigenvalue weighted by Crippen LogP contribution is -2.07. The maximum absolute atomic E-state index is 13.3. The van der Waals surface area contributed by atoms with Gasteiger partial charge < -0.3 is 5.32 Å². The van der Waals surface area contributed by atoms with Crippen LogP contribution >= 0.6 is 11.6 Å². The molecule has 0 aliphatic heterocycles. The molecule has 0 saturated carbocycles. The van der Waals surface area contributed by atoms with Gasteiger partial charge in [-0.25, -0.2) is 26.9 Å². The standard InChI is InChI=1S/C11H4ClF5N2/c12-4-1-2-5(18-3-4)19-11-9(16)7(14)6(13)8(15)10(11)17/h1-3H,(H,18,19). The predicted octanol–water partition coefficient (Wildman–Crippen LogP) is 4.17. The van der Waals surface area contributed by atoms with Gasteiger partial charge in [0.25, 0.3) is 0 Å². The Morgan fingerprint density at radius 1 is 0.842 bits per heavy atom. The van der Waals surface area contributed by atoms with Crippen LogP contribution in [-0.2, 0) is 0 Å². The van der Waals surface area contributed by atoms with Gasteiger partial charge in [0.15, 0.2) is 23.3 Å². The number of anilines is 2. The number of halogens is 6. The lowest BCUT2D eigenvalue weighted by Gasteiger charge is -2.10. The Labute approximate surface area is 108 Å². The van der Waals surface area contributed by atoms with Crippen molar-refractivity contribution in [3.8, 4) is 0 Å². The minimum absolute atomic E-state index is 0.118. The topological polar surface area (TPSA) is 24.9 Å². The third kappa shape index (κ3) is 2.46. The maximum atomic E-state index is 13.3. The number of nitrogens with zero attached hydrogens (tertiary/aromatic N) is 1. The SMILES string of the molecule is Fc1c(F)c(F)c(Nc2ccc(Cl)cn2)c(F)c1F. The van der Waals surface area contributed by atoms with Crippen LogP contribution in [0, 0.1) is 29.1 Å². The summed E-state index contributed by atoms with van der Waals surface area (Å²) in [7, 11) is 0. The molecule has 0 unspecified atom stereocenters. The van der Waals surface area contributed by atoms with Gasteiger partial charge in [-0.3, -0.25) is 0 Å². The van der Waals surface area contributed by atoms with Crippen LogP contribution in [-0.4, -0.2) is 4.98 Å². The van der Waals surface area contributed by atoms with Gasteiger partial charge in [-0.2, -0.15) is 0 Å². The normalized spacial score (nSPS) is 10.6. The van der Waals surface area contributed by atoms with Crippen molar-refractivity contribution in [2.24, 2.45) is 0 Å². The molecule has 0 spiro atoms. The molecule has 2 rings (SSSR count). The summed E-state index contributed by atoms with van der Waals surface area (Å²) in [4.78, 5) is 3.62. The second-order valence-electron chi connectivity index (χ2n) is 3.43. The quantitative estimate of drug-likeness (QED) is 0.511. The summed E-state index contributed by atoms with van der Waals surface area (Å²) in [6.07, 6.45) is 1.15. The highest BCUT2D eigenvalue weighted by molar-refractivity contribution is 6.30. The van der Waals surface area contributed by atoms with E-state index in [-0.39, 0.29) is 10.8 Å². The summed E-state index contributed by atoms with van der Waals surface area (Å²) in [5.74, 6) is -10.3. The van der Waals surface area contributed by atoms with Crippen LogP contribution in [0.4, 0.5) is 33.5 Å². The minimum atomic E-state index is -2.22. The fourth-order valence-electron chi connectivity index (χ4n) is 1.29. The second-order valence-corrected chi connectivity index (χ2v) is 3.87. The van der Waals surface area contributed by atoms with E-state index in [0.717, 1.165) is 6.20 Å². The van der Waals surface area contributed by atoms with Gasteiger partial charge in [-0.05, 0) is 12.1 Å². The lowest BCUT2D eigenvalue weighted by molar-refractivity contribution is 0.382. The Morgan fingerprint density at radius 3 is 1.84 bits per heavy atom. The molecule has 0 fully saturated rings. The fourth-order valence-corrected chi connectivity index (χ4v) is 1.40. The monoisotopic (exact) mass is 294 g/mol. The van der Waals surface area contributed by atoms with Gasteiger partial charge in [0.2, 0.25) is 5.82 Å². The van der Waals surface area contributed by atoms with Crippen LogP contribution in [0.15, 0.2) is 18.3 Å². The molecule has 2 nitrogen and oxygen atoms in total. The Bertz CT molecular complexity index is 601. The number of benzene rings is 1. The van der Waals surface area contributed by atoms with Crippen LogP contribution in [0.25, 0.3) is 0 Å².